The molecule has 0 saturated heterocycles. The Balaban J connectivity index is 3.63. The molecule has 0 aliphatic heterocycles. The fourth-order valence-corrected chi connectivity index (χ4v) is 1.33. The molecule has 0 unspecified atom stereocenters. The molecule has 0 saturated carbocycles. The summed E-state index contributed by atoms with van der Waals surface area (Å²) in [5, 5.41) is 8.62. The quantitative estimate of drug-likeness (QED) is 0.844. The number of rotatable bonds is 2. The third-order valence-electron chi connectivity index (χ3n) is 2.20. The van der Waals surface area contributed by atoms with Crippen LogP contribution in [0.2, 0.25) is 0 Å². The van der Waals surface area contributed by atoms with Crippen LogP contribution in [-0.2, 0) is 6.18 Å². The third kappa shape index (κ3) is 2.66. The van der Waals surface area contributed by atoms with Crippen LogP contribution in [-0.4, -0.2) is 16.1 Å². The Morgan fingerprint density at radius 3 is 2.29 bits per heavy atom. The van der Waals surface area contributed by atoms with E-state index in [0.29, 0.717) is 6.07 Å². The van der Waals surface area contributed by atoms with Crippen molar-refractivity contribution in [3.63, 3.8) is 0 Å². The lowest BCUT2D eigenvalue weighted by atomic mass is 10.0. The highest BCUT2D eigenvalue weighted by Crippen LogP contribution is 2.32. The fourth-order valence-electron chi connectivity index (χ4n) is 1.33. The molecule has 1 aromatic heterocycles. The van der Waals surface area contributed by atoms with E-state index in [1.165, 1.54) is 0 Å². The monoisotopic (exact) mass is 249 g/mol. The summed E-state index contributed by atoms with van der Waals surface area (Å²) in [6, 6.07) is 0.662. The number of aromatic carboxylic acids is 1. The van der Waals surface area contributed by atoms with Crippen molar-refractivity contribution in [1.29, 1.82) is 0 Å². The first-order chi connectivity index (χ1) is 7.64. The van der Waals surface area contributed by atoms with Crippen LogP contribution in [0.15, 0.2) is 10.9 Å². The molecule has 0 atom stereocenters. The average Bonchev–Trinajstić information content (AvgIpc) is 2.14. The lowest BCUT2D eigenvalue weighted by Gasteiger charge is -2.13. The number of aromatic amines is 1. The Kier molecular flexibility index (Phi) is 3.30. The molecule has 0 aliphatic carbocycles. The first-order valence-corrected chi connectivity index (χ1v) is 4.72. The Bertz CT molecular complexity index is 502. The molecule has 0 aliphatic rings. The van der Waals surface area contributed by atoms with Crippen molar-refractivity contribution in [1.82, 2.24) is 4.98 Å². The second-order valence-electron chi connectivity index (χ2n) is 3.80. The highest BCUT2D eigenvalue weighted by Gasteiger charge is 2.37. The highest BCUT2D eigenvalue weighted by atomic mass is 19.4. The molecule has 17 heavy (non-hydrogen) atoms. The van der Waals surface area contributed by atoms with Gasteiger partial charge in [-0.25, -0.2) is 4.79 Å². The standard InChI is InChI=1S/C10H10F3NO3/c1-4(2)6-3-5(10(11,12)13)7(9(16)17)8(15)14-6/h3-4H,1-2H3,(H,14,15)(H,16,17). The Labute approximate surface area is 94.1 Å². The first kappa shape index (κ1) is 13.3. The van der Waals surface area contributed by atoms with Gasteiger partial charge in [0.1, 0.15) is 5.56 Å². The van der Waals surface area contributed by atoms with Gasteiger partial charge in [-0.3, -0.25) is 4.79 Å². The van der Waals surface area contributed by atoms with Gasteiger partial charge in [0.2, 0.25) is 0 Å². The first-order valence-electron chi connectivity index (χ1n) is 4.72. The van der Waals surface area contributed by atoms with Crippen LogP contribution < -0.4 is 5.56 Å². The lowest BCUT2D eigenvalue weighted by molar-refractivity contribution is -0.138. The Hall–Kier alpha value is -1.79. The van der Waals surface area contributed by atoms with Gasteiger partial charge in [0.05, 0.1) is 5.56 Å². The minimum absolute atomic E-state index is 0.0484. The van der Waals surface area contributed by atoms with Crippen LogP contribution in [0.1, 0.15) is 41.4 Å². The SMILES string of the molecule is CC(C)c1cc(C(F)(F)F)c(C(=O)O)c(=O)[nH]1. The Morgan fingerprint density at radius 1 is 1.41 bits per heavy atom. The number of aromatic nitrogens is 1. The van der Waals surface area contributed by atoms with E-state index in [-0.39, 0.29) is 11.6 Å². The maximum atomic E-state index is 12.6. The number of hydrogen-bond donors (Lipinski definition) is 2. The minimum Gasteiger partial charge on any atom is -0.477 e. The molecule has 94 valence electrons. The summed E-state index contributed by atoms with van der Waals surface area (Å²) >= 11 is 0. The van der Waals surface area contributed by atoms with Crippen molar-refractivity contribution in [3.8, 4) is 0 Å². The van der Waals surface area contributed by atoms with E-state index in [4.69, 9.17) is 5.11 Å². The van der Waals surface area contributed by atoms with Gasteiger partial charge in [-0.2, -0.15) is 13.2 Å². The smallest absolute Gasteiger partial charge is 0.417 e. The number of carbonyl (C=O) groups is 1. The maximum absolute atomic E-state index is 12.6. The maximum Gasteiger partial charge on any atom is 0.417 e. The van der Waals surface area contributed by atoms with E-state index in [1.807, 2.05) is 0 Å². The molecule has 0 amide bonds. The summed E-state index contributed by atoms with van der Waals surface area (Å²) in [5.41, 5.74) is -3.89. The molecular weight excluding hydrogens is 239 g/mol. The van der Waals surface area contributed by atoms with Gasteiger partial charge in [0.25, 0.3) is 5.56 Å². The van der Waals surface area contributed by atoms with E-state index in [1.54, 1.807) is 13.8 Å². The Morgan fingerprint density at radius 2 is 1.94 bits per heavy atom. The molecule has 1 rings (SSSR count). The average molecular weight is 249 g/mol. The summed E-state index contributed by atoms with van der Waals surface area (Å²) in [6.07, 6.45) is -4.87. The second kappa shape index (κ2) is 4.23. The number of pyridine rings is 1. The molecule has 0 spiro atoms. The molecule has 1 heterocycles. The lowest BCUT2D eigenvalue weighted by Crippen LogP contribution is -2.26. The van der Waals surface area contributed by atoms with Crippen molar-refractivity contribution >= 4 is 5.97 Å². The van der Waals surface area contributed by atoms with Crippen molar-refractivity contribution in [2.45, 2.75) is 25.9 Å². The minimum atomic E-state index is -4.87. The molecule has 2 N–H and O–H groups in total. The predicted molar refractivity (Wildman–Crippen MR) is 53.1 cm³/mol. The summed E-state index contributed by atoms with van der Waals surface area (Å²) in [7, 11) is 0. The van der Waals surface area contributed by atoms with Gasteiger partial charge >= 0.3 is 12.1 Å². The summed E-state index contributed by atoms with van der Waals surface area (Å²) in [4.78, 5) is 24.1. The van der Waals surface area contributed by atoms with Crippen molar-refractivity contribution in [2.75, 3.05) is 0 Å². The van der Waals surface area contributed by atoms with E-state index in [2.05, 4.69) is 4.98 Å². The van der Waals surface area contributed by atoms with Crippen LogP contribution in [0.4, 0.5) is 13.2 Å². The van der Waals surface area contributed by atoms with E-state index in [9.17, 15) is 22.8 Å². The molecule has 4 nitrogen and oxygen atoms in total. The zero-order chi connectivity index (χ0) is 13.4. The summed E-state index contributed by atoms with van der Waals surface area (Å²) < 4.78 is 37.8. The van der Waals surface area contributed by atoms with Crippen LogP contribution in [0.5, 0.6) is 0 Å². The third-order valence-corrected chi connectivity index (χ3v) is 2.20. The number of carboxylic acid groups (broad SMARTS) is 1. The topological polar surface area (TPSA) is 70.2 Å². The van der Waals surface area contributed by atoms with Crippen LogP contribution in [0.3, 0.4) is 0 Å². The highest BCUT2D eigenvalue weighted by molar-refractivity contribution is 5.89. The molecule has 0 bridgehead atoms. The van der Waals surface area contributed by atoms with Crippen molar-refractivity contribution in [3.05, 3.63) is 33.2 Å². The van der Waals surface area contributed by atoms with Crippen molar-refractivity contribution in [2.24, 2.45) is 0 Å². The molecule has 0 radical (unpaired) electrons. The largest absolute Gasteiger partial charge is 0.477 e. The van der Waals surface area contributed by atoms with Gasteiger partial charge in [0.15, 0.2) is 0 Å². The second-order valence-corrected chi connectivity index (χ2v) is 3.80. The number of halogens is 3. The van der Waals surface area contributed by atoms with E-state index in [0.717, 1.165) is 0 Å². The van der Waals surface area contributed by atoms with Crippen LogP contribution in [0, 0.1) is 0 Å². The van der Waals surface area contributed by atoms with Gasteiger partial charge in [-0.05, 0) is 12.0 Å². The molecular formula is C10H10F3NO3. The zero-order valence-electron chi connectivity index (χ0n) is 9.05. The van der Waals surface area contributed by atoms with E-state index < -0.39 is 28.8 Å². The van der Waals surface area contributed by atoms with Gasteiger partial charge < -0.3 is 10.1 Å². The summed E-state index contributed by atoms with van der Waals surface area (Å²) in [6.45, 7) is 3.18. The number of carboxylic acids is 1. The molecule has 7 heteroatoms. The number of hydrogen-bond acceptors (Lipinski definition) is 2. The molecule has 0 fully saturated rings. The number of alkyl halides is 3. The predicted octanol–water partition coefficient (Wildman–Crippen LogP) is 2.22. The zero-order valence-corrected chi connectivity index (χ0v) is 9.05. The normalized spacial score (nSPS) is 11.9. The number of H-pyrrole nitrogens is 1. The van der Waals surface area contributed by atoms with E-state index >= 15 is 0 Å². The number of nitrogens with one attached hydrogen (secondary N) is 1. The summed E-state index contributed by atoms with van der Waals surface area (Å²) in [5.74, 6) is -2.24. The van der Waals surface area contributed by atoms with Crippen molar-refractivity contribution < 1.29 is 23.1 Å². The van der Waals surface area contributed by atoms with Gasteiger partial charge in [-0.1, -0.05) is 13.8 Å². The van der Waals surface area contributed by atoms with Gasteiger partial charge in [-0.15, -0.1) is 0 Å². The fraction of sp³-hybridized carbons (Fsp3) is 0.400. The molecule has 1 aromatic rings. The van der Waals surface area contributed by atoms with Gasteiger partial charge in [0, 0.05) is 5.69 Å². The van der Waals surface area contributed by atoms with Crippen LogP contribution in [0.25, 0.3) is 0 Å². The molecule has 0 aromatic carbocycles. The van der Waals surface area contributed by atoms with Crippen LogP contribution >= 0.6 is 0 Å².